The number of rotatable bonds is 8. The van der Waals surface area contributed by atoms with Crippen molar-refractivity contribution < 1.29 is 23.7 Å². The maximum atomic E-state index is 12.2. The van der Waals surface area contributed by atoms with E-state index in [2.05, 4.69) is 15.2 Å². The van der Waals surface area contributed by atoms with E-state index in [4.69, 9.17) is 14.0 Å². The Balaban J connectivity index is 1.86. The van der Waals surface area contributed by atoms with Gasteiger partial charge in [0.2, 0.25) is 17.4 Å². The normalized spacial score (nSPS) is 10.6. The lowest BCUT2D eigenvalue weighted by atomic mass is 10.3. The van der Waals surface area contributed by atoms with Crippen LogP contribution >= 0.6 is 0 Å². The van der Waals surface area contributed by atoms with E-state index in [9.17, 15) is 14.9 Å². The van der Waals surface area contributed by atoms with Gasteiger partial charge in [0.05, 0.1) is 23.4 Å². The topological polar surface area (TPSA) is 135 Å². The van der Waals surface area contributed by atoms with Gasteiger partial charge in [-0.25, -0.2) is 9.48 Å². The Kier molecular flexibility index (Phi) is 5.63. The molecule has 0 N–H and O–H groups in total. The van der Waals surface area contributed by atoms with Crippen LogP contribution in [0.4, 0.5) is 5.69 Å². The summed E-state index contributed by atoms with van der Waals surface area (Å²) >= 11 is 0. The van der Waals surface area contributed by atoms with Gasteiger partial charge in [-0.15, -0.1) is 0 Å². The van der Waals surface area contributed by atoms with E-state index in [1.807, 2.05) is 6.92 Å². The molecule has 0 amide bonds. The van der Waals surface area contributed by atoms with E-state index in [-0.39, 0.29) is 30.3 Å². The lowest BCUT2D eigenvalue weighted by Gasteiger charge is -2.02. The second-order valence-electron chi connectivity index (χ2n) is 5.53. The van der Waals surface area contributed by atoms with E-state index in [1.165, 1.54) is 35.1 Å². The van der Waals surface area contributed by atoms with Gasteiger partial charge in [-0.2, -0.15) is 10.1 Å². The molecule has 0 fully saturated rings. The standard InChI is InChI=1S/C17H17N5O6/c1-3-15-18-14(20-28-15)10-27-13-9-21(19-16(13)17(23)26-4-2)11-5-7-12(8-6-11)22(24)25/h5-9H,3-4,10H2,1-2H3. The van der Waals surface area contributed by atoms with E-state index in [0.717, 1.165) is 0 Å². The van der Waals surface area contributed by atoms with Gasteiger partial charge >= 0.3 is 5.97 Å². The van der Waals surface area contributed by atoms with Crippen LogP contribution in [0.1, 0.15) is 36.1 Å². The first-order chi connectivity index (χ1) is 13.5. The van der Waals surface area contributed by atoms with Crippen LogP contribution in [0.5, 0.6) is 5.75 Å². The molecule has 0 spiro atoms. The molecule has 0 aliphatic rings. The van der Waals surface area contributed by atoms with Crippen LogP contribution in [-0.4, -0.2) is 37.4 Å². The second-order valence-corrected chi connectivity index (χ2v) is 5.53. The van der Waals surface area contributed by atoms with Gasteiger partial charge in [-0.3, -0.25) is 10.1 Å². The van der Waals surface area contributed by atoms with Crippen molar-refractivity contribution in [3.63, 3.8) is 0 Å². The van der Waals surface area contributed by atoms with Gasteiger partial charge in [0.1, 0.15) is 0 Å². The Morgan fingerprint density at radius 1 is 1.29 bits per heavy atom. The van der Waals surface area contributed by atoms with Gasteiger partial charge in [0.25, 0.3) is 5.69 Å². The summed E-state index contributed by atoms with van der Waals surface area (Å²) in [5.41, 5.74) is 0.431. The second kappa shape index (κ2) is 8.29. The van der Waals surface area contributed by atoms with Crippen LogP contribution in [0.15, 0.2) is 35.0 Å². The van der Waals surface area contributed by atoms with Gasteiger partial charge in [0.15, 0.2) is 12.4 Å². The molecular formula is C17H17N5O6. The molecule has 0 atom stereocenters. The summed E-state index contributed by atoms with van der Waals surface area (Å²) in [6.07, 6.45) is 2.08. The number of nitro benzene ring substituents is 1. The monoisotopic (exact) mass is 387 g/mol. The minimum Gasteiger partial charge on any atom is -0.481 e. The van der Waals surface area contributed by atoms with E-state index < -0.39 is 10.9 Å². The average Bonchev–Trinajstić information content (AvgIpc) is 3.33. The van der Waals surface area contributed by atoms with Crippen LogP contribution in [0.25, 0.3) is 5.69 Å². The molecule has 11 nitrogen and oxygen atoms in total. The van der Waals surface area contributed by atoms with Gasteiger partial charge in [0, 0.05) is 18.6 Å². The third-order valence-corrected chi connectivity index (χ3v) is 3.64. The van der Waals surface area contributed by atoms with Gasteiger partial charge in [-0.05, 0) is 19.1 Å². The highest BCUT2D eigenvalue weighted by Gasteiger charge is 2.21. The van der Waals surface area contributed by atoms with Crippen LogP contribution in [0.3, 0.4) is 0 Å². The minimum atomic E-state index is -0.652. The number of carbonyl (C=O) groups is 1. The number of ether oxygens (including phenoxy) is 2. The Morgan fingerprint density at radius 2 is 2.04 bits per heavy atom. The van der Waals surface area contributed by atoms with Gasteiger partial charge < -0.3 is 14.0 Å². The Bertz CT molecular complexity index is 978. The molecule has 0 saturated heterocycles. The van der Waals surface area contributed by atoms with Crippen LogP contribution in [0, 0.1) is 10.1 Å². The largest absolute Gasteiger partial charge is 0.481 e. The summed E-state index contributed by atoms with van der Waals surface area (Å²) in [5.74, 6) is 0.320. The van der Waals surface area contributed by atoms with Crippen molar-refractivity contribution in [1.82, 2.24) is 19.9 Å². The number of hydrogen-bond acceptors (Lipinski definition) is 9. The molecule has 3 aromatic rings. The molecule has 0 saturated carbocycles. The first-order valence-corrected chi connectivity index (χ1v) is 8.47. The zero-order valence-electron chi connectivity index (χ0n) is 15.2. The molecule has 0 aliphatic heterocycles. The highest BCUT2D eigenvalue weighted by Crippen LogP contribution is 2.23. The molecule has 28 heavy (non-hydrogen) atoms. The van der Waals surface area contributed by atoms with Crippen molar-refractivity contribution in [2.45, 2.75) is 26.9 Å². The molecule has 146 valence electrons. The minimum absolute atomic E-state index is 0.0259. The van der Waals surface area contributed by atoms with Crippen molar-refractivity contribution in [2.75, 3.05) is 6.61 Å². The van der Waals surface area contributed by atoms with Crippen molar-refractivity contribution >= 4 is 11.7 Å². The number of non-ortho nitro benzene ring substituents is 1. The SMILES string of the molecule is CCOC(=O)c1nn(-c2ccc([N+](=O)[O-])cc2)cc1OCc1noc(CC)n1. The van der Waals surface area contributed by atoms with Crippen LogP contribution in [0.2, 0.25) is 0 Å². The fraction of sp³-hybridized carbons (Fsp3) is 0.294. The lowest BCUT2D eigenvalue weighted by Crippen LogP contribution is -2.09. The van der Waals surface area contributed by atoms with Crippen LogP contribution in [-0.2, 0) is 17.8 Å². The quantitative estimate of drug-likeness (QED) is 0.324. The van der Waals surface area contributed by atoms with Crippen LogP contribution < -0.4 is 4.74 Å². The highest BCUT2D eigenvalue weighted by atomic mass is 16.6. The Hall–Kier alpha value is -3.76. The molecule has 3 rings (SSSR count). The summed E-state index contributed by atoms with van der Waals surface area (Å²) in [7, 11) is 0. The zero-order valence-corrected chi connectivity index (χ0v) is 15.2. The van der Waals surface area contributed by atoms with Gasteiger partial charge in [-0.1, -0.05) is 12.1 Å². The average molecular weight is 387 g/mol. The predicted molar refractivity (Wildman–Crippen MR) is 94.2 cm³/mol. The van der Waals surface area contributed by atoms with E-state index in [0.29, 0.717) is 23.8 Å². The molecule has 0 unspecified atom stereocenters. The number of aromatic nitrogens is 4. The summed E-state index contributed by atoms with van der Waals surface area (Å²) < 4.78 is 17.0. The summed E-state index contributed by atoms with van der Waals surface area (Å²) in [4.78, 5) is 26.6. The van der Waals surface area contributed by atoms with Crippen molar-refractivity contribution in [3.8, 4) is 11.4 Å². The summed E-state index contributed by atoms with van der Waals surface area (Å²) in [6.45, 7) is 3.71. The Morgan fingerprint density at radius 3 is 2.64 bits per heavy atom. The smallest absolute Gasteiger partial charge is 0.362 e. The van der Waals surface area contributed by atoms with Crippen molar-refractivity contribution in [2.24, 2.45) is 0 Å². The molecule has 1 aromatic carbocycles. The number of carbonyl (C=O) groups excluding carboxylic acids is 1. The number of nitrogens with zero attached hydrogens (tertiary/aromatic N) is 5. The molecule has 0 aliphatic carbocycles. The molecule has 0 radical (unpaired) electrons. The predicted octanol–water partition coefficient (Wildman–Crippen LogP) is 2.48. The number of hydrogen-bond donors (Lipinski definition) is 0. The molecular weight excluding hydrogens is 370 g/mol. The van der Waals surface area contributed by atoms with E-state index in [1.54, 1.807) is 6.92 Å². The lowest BCUT2D eigenvalue weighted by molar-refractivity contribution is -0.384. The molecule has 0 bridgehead atoms. The first kappa shape index (κ1) is 19.0. The third kappa shape index (κ3) is 4.14. The number of nitro groups is 1. The summed E-state index contributed by atoms with van der Waals surface area (Å²) in [6, 6.07) is 5.70. The molecule has 2 heterocycles. The highest BCUT2D eigenvalue weighted by molar-refractivity contribution is 5.90. The fourth-order valence-electron chi connectivity index (χ4n) is 2.30. The number of benzene rings is 1. The van der Waals surface area contributed by atoms with Crippen molar-refractivity contribution in [3.05, 3.63) is 58.0 Å². The number of aryl methyl sites for hydroxylation is 1. The van der Waals surface area contributed by atoms with Crippen molar-refractivity contribution in [1.29, 1.82) is 0 Å². The molecule has 11 heteroatoms. The number of esters is 1. The zero-order chi connectivity index (χ0) is 20.1. The molecule has 2 aromatic heterocycles. The maximum Gasteiger partial charge on any atom is 0.362 e. The fourth-order valence-corrected chi connectivity index (χ4v) is 2.30. The maximum absolute atomic E-state index is 12.2. The Labute approximate surface area is 159 Å². The van der Waals surface area contributed by atoms with E-state index >= 15 is 0 Å². The summed E-state index contributed by atoms with van der Waals surface area (Å²) in [5, 5.41) is 18.8. The first-order valence-electron chi connectivity index (χ1n) is 8.47. The third-order valence-electron chi connectivity index (χ3n) is 3.64.